The zero-order chi connectivity index (χ0) is 11.4. The number of rotatable bonds is 3. The molecule has 0 aromatic rings. The van der Waals surface area contributed by atoms with Crippen LogP contribution in [0.5, 0.6) is 0 Å². The lowest BCUT2D eigenvalue weighted by Gasteiger charge is -2.21. The molecule has 4 nitrogen and oxygen atoms in total. The number of halogens is 1. The lowest BCUT2D eigenvalue weighted by Crippen LogP contribution is -2.38. The summed E-state index contributed by atoms with van der Waals surface area (Å²) in [4.78, 5) is 21.1. The van der Waals surface area contributed by atoms with Gasteiger partial charge in [0.25, 0.3) is 0 Å². The fraction of sp³-hybridized carbons (Fsp3) is 0.778. The van der Waals surface area contributed by atoms with Crippen molar-refractivity contribution >= 4 is 12.1 Å². The third-order valence-corrected chi connectivity index (χ3v) is 1.23. The van der Waals surface area contributed by atoms with Gasteiger partial charge in [0, 0.05) is 6.04 Å². The van der Waals surface area contributed by atoms with Crippen LogP contribution in [0.2, 0.25) is 0 Å². The van der Waals surface area contributed by atoms with Crippen molar-refractivity contribution < 1.29 is 18.7 Å². The van der Waals surface area contributed by atoms with Crippen molar-refractivity contribution in [1.82, 2.24) is 5.32 Å². The van der Waals surface area contributed by atoms with Crippen LogP contribution in [-0.2, 0) is 9.53 Å². The van der Waals surface area contributed by atoms with Crippen molar-refractivity contribution in [1.29, 1.82) is 0 Å². The third kappa shape index (κ3) is 7.52. The van der Waals surface area contributed by atoms with E-state index in [2.05, 4.69) is 5.32 Å². The second-order valence-electron chi connectivity index (χ2n) is 4.11. The van der Waals surface area contributed by atoms with E-state index in [-0.39, 0.29) is 6.42 Å². The number of ether oxygens (including phenoxy) is 1. The van der Waals surface area contributed by atoms with E-state index in [4.69, 9.17) is 4.74 Å². The minimum absolute atomic E-state index is 0.334. The number of amides is 1. The monoisotopic (exact) mass is 205 g/mol. The van der Waals surface area contributed by atoms with Gasteiger partial charge in [-0.05, 0) is 27.7 Å². The van der Waals surface area contributed by atoms with E-state index in [1.54, 1.807) is 20.8 Å². The predicted molar refractivity (Wildman–Crippen MR) is 49.6 cm³/mol. The Bertz CT molecular complexity index is 223. The Hall–Kier alpha value is -1.13. The highest BCUT2D eigenvalue weighted by atomic mass is 19.1. The van der Waals surface area contributed by atoms with Crippen LogP contribution in [0.3, 0.4) is 0 Å². The Morgan fingerprint density at radius 3 is 2.29 bits per heavy atom. The molecule has 14 heavy (non-hydrogen) atoms. The van der Waals surface area contributed by atoms with Gasteiger partial charge in [-0.3, -0.25) is 4.79 Å². The van der Waals surface area contributed by atoms with E-state index in [0.29, 0.717) is 0 Å². The average Bonchev–Trinajstić information content (AvgIpc) is 1.77. The molecule has 0 aromatic heterocycles. The van der Waals surface area contributed by atoms with Crippen LogP contribution in [0.1, 0.15) is 34.1 Å². The van der Waals surface area contributed by atoms with Crippen LogP contribution in [0, 0.1) is 0 Å². The van der Waals surface area contributed by atoms with Gasteiger partial charge in [0.1, 0.15) is 5.60 Å². The van der Waals surface area contributed by atoms with Gasteiger partial charge in [0.15, 0.2) is 0 Å². The number of carbonyl (C=O) groups is 2. The molecule has 0 bridgehead atoms. The van der Waals surface area contributed by atoms with Crippen LogP contribution >= 0.6 is 0 Å². The van der Waals surface area contributed by atoms with Crippen molar-refractivity contribution in [3.8, 4) is 0 Å². The summed E-state index contributed by atoms with van der Waals surface area (Å²) in [6.07, 6.45) is -0.981. The number of carbonyl (C=O) groups excluding carboxylic acids is 2. The number of nitrogens with one attached hydrogen (secondary N) is 1. The van der Waals surface area contributed by atoms with Gasteiger partial charge in [-0.15, -0.1) is 0 Å². The molecule has 0 unspecified atom stereocenters. The molecule has 0 heterocycles. The quantitative estimate of drug-likeness (QED) is 0.714. The molecule has 0 aromatic carbocycles. The zero-order valence-electron chi connectivity index (χ0n) is 8.89. The number of hydrogen-bond acceptors (Lipinski definition) is 3. The van der Waals surface area contributed by atoms with Gasteiger partial charge < -0.3 is 10.1 Å². The minimum atomic E-state index is -1.45. The smallest absolute Gasteiger partial charge is 0.407 e. The first-order valence-corrected chi connectivity index (χ1v) is 4.38. The molecule has 82 valence electrons. The lowest BCUT2D eigenvalue weighted by molar-refractivity contribution is -0.129. The molecule has 0 saturated heterocycles. The molecule has 1 atom stereocenters. The fourth-order valence-electron chi connectivity index (χ4n) is 0.800. The van der Waals surface area contributed by atoms with E-state index in [1.165, 1.54) is 6.92 Å². The molecule has 1 amide bonds. The van der Waals surface area contributed by atoms with E-state index in [1.807, 2.05) is 0 Å². The van der Waals surface area contributed by atoms with Gasteiger partial charge in [0.05, 0.1) is 6.42 Å². The summed E-state index contributed by atoms with van der Waals surface area (Å²) in [7, 11) is 0. The van der Waals surface area contributed by atoms with Crippen LogP contribution < -0.4 is 5.32 Å². The van der Waals surface area contributed by atoms with E-state index < -0.39 is 23.8 Å². The summed E-state index contributed by atoms with van der Waals surface area (Å²) in [5, 5.41) is 2.35. The predicted octanol–water partition coefficient (Wildman–Crippen LogP) is 1.79. The maximum Gasteiger partial charge on any atom is 0.407 e. The minimum Gasteiger partial charge on any atom is -0.444 e. The number of hydrogen-bond donors (Lipinski definition) is 1. The van der Waals surface area contributed by atoms with Gasteiger partial charge in [-0.2, -0.15) is 4.39 Å². The first kappa shape index (κ1) is 12.9. The van der Waals surface area contributed by atoms with Crippen molar-refractivity contribution in [2.24, 2.45) is 0 Å². The van der Waals surface area contributed by atoms with Gasteiger partial charge in [0.2, 0.25) is 0 Å². The van der Waals surface area contributed by atoms with E-state index in [0.717, 1.165) is 0 Å². The van der Waals surface area contributed by atoms with Crippen molar-refractivity contribution in [3.63, 3.8) is 0 Å². The van der Waals surface area contributed by atoms with E-state index >= 15 is 0 Å². The molecule has 0 radical (unpaired) electrons. The Labute approximate surface area is 82.8 Å². The highest BCUT2D eigenvalue weighted by molar-refractivity contribution is 5.71. The second kappa shape index (κ2) is 4.93. The molecule has 5 heteroatoms. The molecule has 0 aliphatic rings. The van der Waals surface area contributed by atoms with Crippen molar-refractivity contribution in [2.75, 3.05) is 0 Å². The Morgan fingerprint density at radius 2 is 1.93 bits per heavy atom. The molecule has 0 aliphatic heterocycles. The van der Waals surface area contributed by atoms with Crippen LogP contribution in [0.25, 0.3) is 0 Å². The Morgan fingerprint density at radius 1 is 1.43 bits per heavy atom. The Balaban J connectivity index is 3.89. The van der Waals surface area contributed by atoms with Crippen molar-refractivity contribution in [2.45, 2.75) is 45.8 Å². The van der Waals surface area contributed by atoms with Crippen LogP contribution in [0.15, 0.2) is 0 Å². The standard InChI is InChI=1S/C9H16FNO3/c1-6(5-7(10)12)11-8(13)14-9(2,3)4/h6H,5H2,1-4H3,(H,11,13)/t6-/m0/s1. The Kier molecular flexibility index (Phi) is 4.53. The second-order valence-corrected chi connectivity index (χ2v) is 4.11. The molecular formula is C9H16FNO3. The lowest BCUT2D eigenvalue weighted by atomic mass is 10.2. The molecule has 0 fully saturated rings. The van der Waals surface area contributed by atoms with Crippen LogP contribution in [0.4, 0.5) is 9.18 Å². The first-order chi connectivity index (χ1) is 6.20. The molecular weight excluding hydrogens is 189 g/mol. The first-order valence-electron chi connectivity index (χ1n) is 4.38. The summed E-state index contributed by atoms with van der Waals surface area (Å²) in [5.74, 6) is 0. The zero-order valence-corrected chi connectivity index (χ0v) is 8.89. The summed E-state index contributed by atoms with van der Waals surface area (Å²) in [6, 6.07) is -2.00. The normalized spacial score (nSPS) is 13.2. The average molecular weight is 205 g/mol. The maximum absolute atomic E-state index is 11.9. The van der Waals surface area contributed by atoms with E-state index in [9.17, 15) is 14.0 Å². The maximum atomic E-state index is 11.9. The highest BCUT2D eigenvalue weighted by Crippen LogP contribution is 2.07. The highest BCUT2D eigenvalue weighted by Gasteiger charge is 2.18. The summed E-state index contributed by atoms with van der Waals surface area (Å²) in [6.45, 7) is 6.69. The van der Waals surface area contributed by atoms with Gasteiger partial charge >= 0.3 is 12.1 Å². The topological polar surface area (TPSA) is 55.4 Å². The molecule has 0 rings (SSSR count). The third-order valence-electron chi connectivity index (χ3n) is 1.23. The summed E-state index contributed by atoms with van der Waals surface area (Å²) >= 11 is 0. The number of alkyl carbamates (subject to hydrolysis) is 1. The summed E-state index contributed by atoms with van der Waals surface area (Å²) in [5.41, 5.74) is -0.594. The van der Waals surface area contributed by atoms with Gasteiger partial charge in [-0.1, -0.05) is 0 Å². The molecule has 1 N–H and O–H groups in total. The summed E-state index contributed by atoms with van der Waals surface area (Å²) < 4.78 is 16.8. The molecule has 0 spiro atoms. The van der Waals surface area contributed by atoms with Crippen molar-refractivity contribution in [3.05, 3.63) is 0 Å². The van der Waals surface area contributed by atoms with Gasteiger partial charge in [-0.25, -0.2) is 4.79 Å². The SMILES string of the molecule is C[C@@H](CC(=O)F)NC(=O)OC(C)(C)C. The fourth-order valence-corrected chi connectivity index (χ4v) is 0.800. The molecule has 0 saturated carbocycles. The largest absolute Gasteiger partial charge is 0.444 e. The van der Waals surface area contributed by atoms with Crippen LogP contribution in [-0.4, -0.2) is 23.8 Å². The molecule has 0 aliphatic carbocycles.